The van der Waals surface area contributed by atoms with Gasteiger partial charge in [-0.15, -0.1) is 0 Å². The molecule has 76 heavy (non-hydrogen) atoms. The first kappa shape index (κ1) is 64.7. The minimum absolute atomic E-state index is 0.00902. The average molecular weight is 1080 g/mol. The molecule has 0 bridgehead atoms. The van der Waals surface area contributed by atoms with Crippen molar-refractivity contribution in [2.75, 3.05) is 12.9 Å². The largest absolute Gasteiger partial charge is 0.508 e. The summed E-state index contributed by atoms with van der Waals surface area (Å²) in [4.78, 5) is 0. The Hall–Kier alpha value is -3.81. The second-order valence-electron chi connectivity index (χ2n) is 20.2. The van der Waals surface area contributed by atoms with Crippen molar-refractivity contribution in [2.24, 2.45) is 5.14 Å². The Balaban J connectivity index is 0.000000852. The van der Waals surface area contributed by atoms with Crippen LogP contribution in [0.1, 0.15) is 167 Å². The molecule has 13 atom stereocenters. The number of phenols is 3. The normalized spacial score (nSPS) is 27.6. The van der Waals surface area contributed by atoms with Crippen LogP contribution >= 0.6 is 11.9 Å². The first-order valence-electron chi connectivity index (χ1n) is 27.7. The van der Waals surface area contributed by atoms with Gasteiger partial charge in [-0.3, -0.25) is 5.14 Å². The molecule has 0 aromatic heterocycles. The predicted octanol–water partition coefficient (Wildman–Crippen LogP) is 12.9. The van der Waals surface area contributed by atoms with Crippen molar-refractivity contribution >= 4 is 11.9 Å². The fourth-order valence-electron chi connectivity index (χ4n) is 9.93. The number of aromatic hydroxyl groups is 3. The average Bonchev–Trinajstić information content (AvgIpc) is 3.37. The summed E-state index contributed by atoms with van der Waals surface area (Å²) < 4.78 is 49.8. The van der Waals surface area contributed by atoms with Crippen molar-refractivity contribution in [1.82, 2.24) is 0 Å². The third-order valence-electron chi connectivity index (χ3n) is 13.4. The van der Waals surface area contributed by atoms with Crippen LogP contribution in [0.4, 0.5) is 0 Å². The summed E-state index contributed by atoms with van der Waals surface area (Å²) in [7, 11) is 0. The van der Waals surface area contributed by atoms with Crippen LogP contribution in [0.5, 0.6) is 17.2 Å². The van der Waals surface area contributed by atoms with Crippen LogP contribution in [0, 0.1) is 6.92 Å². The molecule has 0 amide bonds. The van der Waals surface area contributed by atoms with Gasteiger partial charge in [0.25, 0.3) is 0 Å². The molecule has 13 unspecified atom stereocenters. The van der Waals surface area contributed by atoms with E-state index in [-0.39, 0.29) is 60.5 Å². The topological polar surface area (TPSA) is 201 Å². The fourth-order valence-corrected chi connectivity index (χ4v) is 9.93. The lowest BCUT2D eigenvalue weighted by atomic mass is 9.95. The highest BCUT2D eigenvalue weighted by Gasteiger charge is 2.35. The lowest BCUT2D eigenvalue weighted by Crippen LogP contribution is -2.40. The zero-order valence-corrected chi connectivity index (χ0v) is 47.5. The summed E-state index contributed by atoms with van der Waals surface area (Å²) >= 11 is 1.25. The number of hydrogen-bond acceptors (Lipinski definition) is 15. The number of phenolic OH excluding ortho intramolecular Hbond substituents is 3. The number of hydrogen-bond donors (Lipinski definition) is 6. The molecule has 3 aromatic carbocycles. The molecule has 3 aromatic rings. The van der Waals surface area contributed by atoms with Crippen molar-refractivity contribution in [2.45, 2.75) is 225 Å². The third-order valence-corrected chi connectivity index (χ3v) is 13.4. The summed E-state index contributed by atoms with van der Waals surface area (Å²) in [5, 5.41) is 56.2. The highest BCUT2D eigenvalue weighted by atomic mass is 32.2. The maximum atomic E-state index is 11.4. The number of nitrogens with two attached hydrogens (primary N) is 1. The molecular formula is C61H93NO13S. The Morgan fingerprint density at radius 1 is 0.658 bits per heavy atom. The fraction of sp³-hybridized carbons (Fsp3) is 0.607. The Bertz CT molecular complexity index is 2110. The Kier molecular flexibility index (Phi) is 30.4. The Labute approximate surface area is 459 Å². The Morgan fingerprint density at radius 3 is 1.67 bits per heavy atom. The van der Waals surface area contributed by atoms with E-state index in [0.29, 0.717) is 57.3 Å². The minimum Gasteiger partial charge on any atom is -0.508 e. The van der Waals surface area contributed by atoms with E-state index in [0.717, 1.165) is 79.2 Å². The van der Waals surface area contributed by atoms with Gasteiger partial charge in [-0.1, -0.05) is 92.6 Å². The Morgan fingerprint density at radius 2 is 1.14 bits per heavy atom. The maximum Gasteiger partial charge on any atom is 0.184 e. The van der Waals surface area contributed by atoms with Crippen LogP contribution < -0.4 is 5.14 Å². The smallest absolute Gasteiger partial charge is 0.184 e. The molecule has 4 saturated heterocycles. The molecule has 7 rings (SSSR count). The molecule has 0 aliphatic carbocycles. The molecule has 14 nitrogen and oxygen atoms in total. The number of aryl methyl sites for hydroxylation is 1. The zero-order valence-electron chi connectivity index (χ0n) is 46.7. The number of rotatable bonds is 21. The van der Waals surface area contributed by atoms with Crippen LogP contribution in [0.3, 0.4) is 0 Å². The number of aliphatic hydroxyl groups is 2. The van der Waals surface area contributed by atoms with Gasteiger partial charge in [-0.05, 0) is 166 Å². The van der Waals surface area contributed by atoms with Crippen molar-refractivity contribution in [1.29, 1.82) is 0 Å². The second-order valence-corrected chi connectivity index (χ2v) is 20.7. The van der Waals surface area contributed by atoms with Crippen molar-refractivity contribution < 1.29 is 63.4 Å². The molecule has 426 valence electrons. The standard InChI is InChI=1S/C51H74O12.C7H8O.C2H6.CH5NS/c1-6-36(23-22-33(2)3)50-60-46(21-11-20-43-26-34(4)57-35(5)58-43)32-48(63-50)30-42(55)17-10-19-45-31-44(61-51(62-45)38-13-8-15-40(53)28-38)18-9-16-41(54)29-47-24-25-56-49(59-47)37-12-7-14-39(52)27-37;1-6-3-2-4-7(8)5-6;1-2;1-3-2/h6-8,12-15,22-23,27-28,34-35,41-55H,2,9-11,16-21,24-26,29-32H2,1,3-5H3;2-5,8H,1H3;1-2H3;2H2,1H3/b23-22-,36-6+;;;. The summed E-state index contributed by atoms with van der Waals surface area (Å²) in [5.74, 6) is 0.647. The number of ether oxygens (including phenoxy) is 8. The monoisotopic (exact) mass is 1080 g/mol. The van der Waals surface area contributed by atoms with Crippen LogP contribution in [0.2, 0.25) is 0 Å². The maximum absolute atomic E-state index is 11.4. The first-order chi connectivity index (χ1) is 36.6. The number of aliphatic hydroxyl groups excluding tert-OH is 2. The van der Waals surface area contributed by atoms with Gasteiger partial charge in [0.05, 0.1) is 61.5 Å². The van der Waals surface area contributed by atoms with Crippen molar-refractivity contribution in [3.05, 3.63) is 125 Å². The molecule has 7 N–H and O–H groups in total. The molecule has 4 fully saturated rings. The third kappa shape index (κ3) is 24.5. The lowest BCUT2D eigenvalue weighted by molar-refractivity contribution is -0.250. The van der Waals surface area contributed by atoms with E-state index >= 15 is 0 Å². The van der Waals surface area contributed by atoms with E-state index < -0.39 is 31.1 Å². The number of benzene rings is 3. The van der Waals surface area contributed by atoms with Crippen LogP contribution in [0.15, 0.2) is 109 Å². The van der Waals surface area contributed by atoms with E-state index in [1.54, 1.807) is 48.5 Å². The van der Waals surface area contributed by atoms with Gasteiger partial charge in [0.2, 0.25) is 0 Å². The molecule has 4 heterocycles. The molecule has 4 aliphatic heterocycles. The van der Waals surface area contributed by atoms with Gasteiger partial charge < -0.3 is 63.4 Å². The van der Waals surface area contributed by atoms with Crippen LogP contribution in [-0.2, 0) is 37.9 Å². The van der Waals surface area contributed by atoms with Gasteiger partial charge in [-0.25, -0.2) is 0 Å². The minimum atomic E-state index is -0.630. The van der Waals surface area contributed by atoms with Gasteiger partial charge in [0.1, 0.15) is 17.2 Å². The summed E-state index contributed by atoms with van der Waals surface area (Å²) in [6.07, 6.45) is 15.7. The molecule has 0 spiro atoms. The van der Waals surface area contributed by atoms with Gasteiger partial charge in [-0.2, -0.15) is 0 Å². The van der Waals surface area contributed by atoms with Crippen molar-refractivity contribution in [3.8, 4) is 17.2 Å². The summed E-state index contributed by atoms with van der Waals surface area (Å²) in [5.41, 5.74) is 4.48. The van der Waals surface area contributed by atoms with Crippen LogP contribution in [0.25, 0.3) is 0 Å². The van der Waals surface area contributed by atoms with Gasteiger partial charge in [0.15, 0.2) is 25.2 Å². The first-order valence-corrected chi connectivity index (χ1v) is 29.0. The highest BCUT2D eigenvalue weighted by molar-refractivity contribution is 7.96. The molecule has 4 aliphatic rings. The van der Waals surface area contributed by atoms with E-state index in [1.807, 2.05) is 90.3 Å². The van der Waals surface area contributed by atoms with E-state index in [1.165, 1.54) is 11.9 Å². The van der Waals surface area contributed by atoms with Gasteiger partial charge >= 0.3 is 0 Å². The van der Waals surface area contributed by atoms with Gasteiger partial charge in [0, 0.05) is 29.5 Å². The predicted molar refractivity (Wildman–Crippen MR) is 302 cm³/mol. The SMILES string of the molecule is C=C(C)/C=C\C(=C/C)C1OC(CCCC2CC(C)OC(C)O2)CC(CC(O)CCCC2CC(CCCC(O)CC3CCOC(c4cccc(O)c4)O3)OC(c3cccc(O)c3)O2)O1.CC.CSN.Cc1cccc(O)c1. The van der Waals surface area contributed by atoms with E-state index in [2.05, 4.69) is 13.5 Å². The van der Waals surface area contributed by atoms with E-state index in [9.17, 15) is 20.4 Å². The lowest BCUT2D eigenvalue weighted by Gasteiger charge is -2.38. The van der Waals surface area contributed by atoms with E-state index in [4.69, 9.17) is 48.1 Å². The second kappa shape index (κ2) is 35.6. The zero-order chi connectivity index (χ0) is 55.4. The summed E-state index contributed by atoms with van der Waals surface area (Å²) in [6, 6.07) is 21.0. The van der Waals surface area contributed by atoms with Crippen molar-refractivity contribution in [3.63, 3.8) is 0 Å². The molecular weight excluding hydrogens is 987 g/mol. The highest BCUT2D eigenvalue weighted by Crippen LogP contribution is 2.37. The molecule has 0 radical (unpaired) electrons. The molecule has 15 heteroatoms. The summed E-state index contributed by atoms with van der Waals surface area (Å²) in [6.45, 7) is 18.5. The quantitative estimate of drug-likeness (QED) is 0.0434. The number of allylic oxidation sites excluding steroid dienone is 3. The molecule has 0 saturated carbocycles. The van der Waals surface area contributed by atoms with Crippen LogP contribution in [-0.4, -0.2) is 106 Å².